The molecule has 0 radical (unpaired) electrons. The van der Waals surface area contributed by atoms with Gasteiger partial charge in [-0.05, 0) is 48.9 Å². The summed E-state index contributed by atoms with van der Waals surface area (Å²) >= 11 is 0. The smallest absolute Gasteiger partial charge is 0.116 e. The maximum absolute atomic E-state index is 9.72. The number of phenols is 1. The normalized spacial score (nSPS) is 28.3. The second-order valence-electron chi connectivity index (χ2n) is 5.27. The lowest BCUT2D eigenvalue weighted by molar-refractivity contribution is 0.154. The van der Waals surface area contributed by atoms with Gasteiger partial charge in [0.1, 0.15) is 5.75 Å². The molecule has 0 spiro atoms. The van der Waals surface area contributed by atoms with Crippen molar-refractivity contribution in [3.05, 3.63) is 41.5 Å². The number of aliphatic hydroxyl groups excluding tert-OH is 1. The van der Waals surface area contributed by atoms with E-state index in [1.165, 1.54) is 0 Å². The van der Waals surface area contributed by atoms with Crippen molar-refractivity contribution in [1.29, 1.82) is 0 Å². The van der Waals surface area contributed by atoms with Gasteiger partial charge in [0, 0.05) is 12.0 Å². The molecule has 1 aliphatic carbocycles. The van der Waals surface area contributed by atoms with Crippen molar-refractivity contribution in [1.82, 2.24) is 0 Å². The zero-order valence-corrected chi connectivity index (χ0v) is 10.5. The van der Waals surface area contributed by atoms with Crippen LogP contribution in [0.2, 0.25) is 0 Å². The minimum atomic E-state index is -0.0764. The zero-order valence-electron chi connectivity index (χ0n) is 10.5. The molecule has 0 aliphatic heterocycles. The highest BCUT2D eigenvalue weighted by Gasteiger charge is 2.36. The minimum Gasteiger partial charge on any atom is -0.508 e. The molecule has 0 bridgehead atoms. The Kier molecular flexibility index (Phi) is 3.25. The van der Waals surface area contributed by atoms with E-state index in [2.05, 4.69) is 25.1 Å². The second kappa shape index (κ2) is 4.53. The summed E-state index contributed by atoms with van der Waals surface area (Å²) in [6.07, 6.45) is 6.13. The fourth-order valence-corrected chi connectivity index (χ4v) is 2.74. The van der Waals surface area contributed by atoms with Gasteiger partial charge in [-0.25, -0.2) is 0 Å². The zero-order chi connectivity index (χ0) is 12.5. The largest absolute Gasteiger partial charge is 0.508 e. The molecule has 2 N–H and O–H groups in total. The molecule has 2 nitrogen and oxygen atoms in total. The van der Waals surface area contributed by atoms with Gasteiger partial charge in [-0.3, -0.25) is 0 Å². The summed E-state index contributed by atoms with van der Waals surface area (Å²) in [7, 11) is 0. The van der Waals surface area contributed by atoms with Crippen LogP contribution >= 0.6 is 0 Å². The highest BCUT2D eigenvalue weighted by atomic mass is 16.3. The number of aryl methyl sites for hydroxylation is 1. The Morgan fingerprint density at radius 2 is 2.06 bits per heavy atom. The number of hydrogen-bond donors (Lipinski definition) is 2. The van der Waals surface area contributed by atoms with Crippen LogP contribution < -0.4 is 0 Å². The van der Waals surface area contributed by atoms with E-state index in [1.54, 1.807) is 6.07 Å². The number of allylic oxidation sites excluding steroid dienone is 2. The van der Waals surface area contributed by atoms with Gasteiger partial charge in [-0.15, -0.1) is 0 Å². The van der Waals surface area contributed by atoms with Gasteiger partial charge in [0.15, 0.2) is 0 Å². The lowest BCUT2D eigenvalue weighted by Gasteiger charge is -2.39. The maximum atomic E-state index is 9.72. The first kappa shape index (κ1) is 12.2. The molecule has 92 valence electrons. The molecule has 2 rings (SSSR count). The summed E-state index contributed by atoms with van der Waals surface area (Å²) in [6, 6.07) is 5.70. The van der Waals surface area contributed by atoms with Crippen LogP contribution in [-0.4, -0.2) is 16.8 Å². The number of aromatic hydroxyl groups is 1. The van der Waals surface area contributed by atoms with E-state index < -0.39 is 0 Å². The molecular weight excluding hydrogens is 212 g/mol. The molecule has 0 aromatic heterocycles. The number of benzene rings is 1. The third-order valence-electron chi connectivity index (χ3n) is 3.97. The first-order valence-electron chi connectivity index (χ1n) is 6.13. The third kappa shape index (κ3) is 2.22. The van der Waals surface area contributed by atoms with Gasteiger partial charge in [-0.1, -0.05) is 25.1 Å². The van der Waals surface area contributed by atoms with E-state index in [0.29, 0.717) is 5.75 Å². The molecule has 2 atom stereocenters. The van der Waals surface area contributed by atoms with Crippen molar-refractivity contribution in [2.45, 2.75) is 32.1 Å². The summed E-state index contributed by atoms with van der Waals surface area (Å²) in [5, 5.41) is 19.2. The third-order valence-corrected chi connectivity index (χ3v) is 3.97. The molecule has 0 heterocycles. The monoisotopic (exact) mass is 232 g/mol. The maximum Gasteiger partial charge on any atom is 0.116 e. The lowest BCUT2D eigenvalue weighted by atomic mass is 9.66. The SMILES string of the molecule is Cc1cc(O)cc(C2(C)CC=CCC2CO)c1. The molecule has 2 unspecified atom stereocenters. The predicted molar refractivity (Wildman–Crippen MR) is 69.1 cm³/mol. The van der Waals surface area contributed by atoms with Crippen LogP contribution in [0, 0.1) is 12.8 Å². The molecule has 1 aromatic carbocycles. The van der Waals surface area contributed by atoms with Crippen molar-refractivity contribution in [2.75, 3.05) is 6.61 Å². The van der Waals surface area contributed by atoms with E-state index in [0.717, 1.165) is 24.0 Å². The van der Waals surface area contributed by atoms with Crippen molar-refractivity contribution >= 4 is 0 Å². The Morgan fingerprint density at radius 1 is 1.29 bits per heavy atom. The topological polar surface area (TPSA) is 40.5 Å². The fraction of sp³-hybridized carbons (Fsp3) is 0.467. The summed E-state index contributed by atoms with van der Waals surface area (Å²) < 4.78 is 0. The molecule has 0 amide bonds. The van der Waals surface area contributed by atoms with Crippen LogP contribution in [-0.2, 0) is 5.41 Å². The molecule has 1 aliphatic rings. The van der Waals surface area contributed by atoms with Gasteiger partial charge in [0.05, 0.1) is 0 Å². The Labute approximate surface area is 103 Å². The van der Waals surface area contributed by atoms with E-state index in [4.69, 9.17) is 0 Å². The number of hydrogen-bond acceptors (Lipinski definition) is 2. The summed E-state index contributed by atoms with van der Waals surface area (Å²) in [5.74, 6) is 0.543. The number of phenolic OH excluding ortho intramolecular Hbond substituents is 1. The van der Waals surface area contributed by atoms with Crippen molar-refractivity contribution in [3.8, 4) is 5.75 Å². The average Bonchev–Trinajstić information content (AvgIpc) is 2.28. The van der Waals surface area contributed by atoms with Gasteiger partial charge < -0.3 is 10.2 Å². The predicted octanol–water partition coefficient (Wildman–Crippen LogP) is 2.92. The van der Waals surface area contributed by atoms with Crippen LogP contribution in [0.25, 0.3) is 0 Å². The molecule has 0 fully saturated rings. The van der Waals surface area contributed by atoms with Crippen LogP contribution in [0.5, 0.6) is 5.75 Å². The lowest BCUT2D eigenvalue weighted by Crippen LogP contribution is -2.35. The van der Waals surface area contributed by atoms with E-state index in [1.807, 2.05) is 13.0 Å². The van der Waals surface area contributed by atoms with Gasteiger partial charge in [-0.2, -0.15) is 0 Å². The van der Waals surface area contributed by atoms with Crippen molar-refractivity contribution in [2.24, 2.45) is 5.92 Å². The Hall–Kier alpha value is -1.28. The number of rotatable bonds is 2. The summed E-state index contributed by atoms with van der Waals surface area (Å²) in [6.45, 7) is 4.35. The average molecular weight is 232 g/mol. The van der Waals surface area contributed by atoms with Crippen molar-refractivity contribution < 1.29 is 10.2 Å². The Balaban J connectivity index is 2.45. The Bertz CT molecular complexity index is 416. The Morgan fingerprint density at radius 3 is 2.71 bits per heavy atom. The van der Waals surface area contributed by atoms with E-state index >= 15 is 0 Å². The standard InChI is InChI=1S/C15H20O2/c1-11-7-13(9-14(17)8-11)15(2)6-4-3-5-12(15)10-16/h3-4,7-9,12,16-17H,5-6,10H2,1-2H3. The van der Waals surface area contributed by atoms with Crippen LogP contribution in [0.1, 0.15) is 30.9 Å². The number of aliphatic hydroxyl groups is 1. The second-order valence-corrected chi connectivity index (χ2v) is 5.27. The molecule has 2 heteroatoms. The highest BCUT2D eigenvalue weighted by Crippen LogP contribution is 2.41. The molecule has 0 saturated carbocycles. The van der Waals surface area contributed by atoms with Crippen LogP contribution in [0.4, 0.5) is 0 Å². The van der Waals surface area contributed by atoms with E-state index in [-0.39, 0.29) is 17.9 Å². The first-order valence-corrected chi connectivity index (χ1v) is 6.13. The fourth-order valence-electron chi connectivity index (χ4n) is 2.74. The van der Waals surface area contributed by atoms with Crippen LogP contribution in [0.3, 0.4) is 0 Å². The molecular formula is C15H20O2. The summed E-state index contributed by atoms with van der Waals surface area (Å²) in [5.41, 5.74) is 2.11. The van der Waals surface area contributed by atoms with Gasteiger partial charge in [0.2, 0.25) is 0 Å². The first-order chi connectivity index (χ1) is 8.06. The molecule has 17 heavy (non-hydrogen) atoms. The summed E-state index contributed by atoms with van der Waals surface area (Å²) in [4.78, 5) is 0. The quantitative estimate of drug-likeness (QED) is 0.770. The van der Waals surface area contributed by atoms with Gasteiger partial charge in [0.25, 0.3) is 0 Å². The van der Waals surface area contributed by atoms with Crippen LogP contribution in [0.15, 0.2) is 30.4 Å². The minimum absolute atomic E-state index is 0.0764. The highest BCUT2D eigenvalue weighted by molar-refractivity contribution is 5.38. The van der Waals surface area contributed by atoms with Gasteiger partial charge >= 0.3 is 0 Å². The van der Waals surface area contributed by atoms with E-state index in [9.17, 15) is 10.2 Å². The molecule has 0 saturated heterocycles. The molecule has 1 aromatic rings. The van der Waals surface area contributed by atoms with Crippen molar-refractivity contribution in [3.63, 3.8) is 0 Å².